The molecule has 3 unspecified atom stereocenters. The van der Waals surface area contributed by atoms with E-state index in [1.165, 1.54) is 38.7 Å². The fourth-order valence-electron chi connectivity index (χ4n) is 8.21. The van der Waals surface area contributed by atoms with Crippen LogP contribution in [0.1, 0.15) is 63.6 Å². The predicted octanol–water partition coefficient (Wildman–Crippen LogP) is 9.87. The number of aromatic nitrogens is 4. The molecule has 0 fully saturated rings. The lowest BCUT2D eigenvalue weighted by atomic mass is 9.63. The van der Waals surface area contributed by atoms with Gasteiger partial charge in [-0.2, -0.15) is 4.57 Å². The van der Waals surface area contributed by atoms with Crippen molar-refractivity contribution < 1.29 is 8.98 Å². The van der Waals surface area contributed by atoms with Crippen molar-refractivity contribution >= 4 is 21.9 Å². The molecule has 0 N–H and O–H groups in total. The average molecular weight is 604 g/mol. The summed E-state index contributed by atoms with van der Waals surface area (Å²) < 4.78 is 11.2. The number of nitrogens with zero attached hydrogens (tertiary/aromatic N) is 4. The normalized spacial score (nSPS) is 15.9. The van der Waals surface area contributed by atoms with Crippen LogP contribution in [0.3, 0.4) is 0 Å². The Balaban J connectivity index is 1.24. The van der Waals surface area contributed by atoms with Crippen molar-refractivity contribution in [2.75, 3.05) is 0 Å². The molecule has 46 heavy (non-hydrogen) atoms. The maximum atomic E-state index is 6.57. The highest BCUT2D eigenvalue weighted by molar-refractivity contribution is 6.10. The second-order valence-corrected chi connectivity index (χ2v) is 12.7. The van der Waals surface area contributed by atoms with Crippen LogP contribution in [-0.2, 0) is 5.41 Å². The van der Waals surface area contributed by atoms with Gasteiger partial charge in [-0.15, -0.1) is 0 Å². The molecule has 0 amide bonds. The van der Waals surface area contributed by atoms with Crippen molar-refractivity contribution in [3.05, 3.63) is 133 Å². The third-order valence-electron chi connectivity index (χ3n) is 10.8. The molecule has 1 aliphatic heterocycles. The van der Waals surface area contributed by atoms with Crippen molar-refractivity contribution in [2.45, 2.75) is 57.9 Å². The van der Waals surface area contributed by atoms with E-state index >= 15 is 0 Å². The number of pyridine rings is 2. The van der Waals surface area contributed by atoms with E-state index in [-0.39, 0.29) is 11.5 Å². The summed E-state index contributed by atoms with van der Waals surface area (Å²) >= 11 is 0. The van der Waals surface area contributed by atoms with Crippen LogP contribution in [0.15, 0.2) is 126 Å². The molecule has 0 radical (unpaired) electrons. The highest BCUT2D eigenvalue weighted by Gasteiger charge is 2.43. The van der Waals surface area contributed by atoms with Crippen molar-refractivity contribution in [3.63, 3.8) is 0 Å². The Morgan fingerprint density at radius 3 is 2.52 bits per heavy atom. The van der Waals surface area contributed by atoms with Crippen molar-refractivity contribution in [3.8, 4) is 28.3 Å². The Morgan fingerprint density at radius 2 is 1.67 bits per heavy atom. The Kier molecular flexibility index (Phi) is 7.05. The molecule has 5 nitrogen and oxygen atoms in total. The molecule has 5 heteroatoms. The smallest absolute Gasteiger partial charge is 0.217 e. The summed E-state index contributed by atoms with van der Waals surface area (Å²) in [4.78, 5) is 9.17. The molecular weight excluding hydrogens is 564 g/mol. The molecule has 5 heterocycles. The van der Waals surface area contributed by atoms with Crippen LogP contribution >= 0.6 is 0 Å². The fraction of sp³-hybridized carbons (Fsp3) is 0.244. The van der Waals surface area contributed by atoms with Gasteiger partial charge in [0.25, 0.3) is 0 Å². The van der Waals surface area contributed by atoms with Crippen LogP contribution in [-0.4, -0.2) is 14.5 Å². The minimum Gasteiger partial charge on any atom is -0.455 e. The van der Waals surface area contributed by atoms with Crippen molar-refractivity contribution in [2.24, 2.45) is 5.92 Å². The predicted molar refractivity (Wildman–Crippen MR) is 185 cm³/mol. The van der Waals surface area contributed by atoms with Crippen LogP contribution in [0.2, 0.25) is 0 Å². The zero-order chi connectivity index (χ0) is 31.3. The summed E-state index contributed by atoms with van der Waals surface area (Å²) in [5, 5.41) is 2.36. The van der Waals surface area contributed by atoms with Crippen molar-refractivity contribution in [1.29, 1.82) is 0 Å². The molecule has 1 aliphatic rings. The van der Waals surface area contributed by atoms with Gasteiger partial charge >= 0.3 is 0 Å². The minimum absolute atomic E-state index is 0.0396. The van der Waals surface area contributed by atoms with Crippen molar-refractivity contribution in [1.82, 2.24) is 14.5 Å². The molecule has 3 atom stereocenters. The summed E-state index contributed by atoms with van der Waals surface area (Å²) in [7, 11) is 0. The first-order chi connectivity index (χ1) is 22.6. The second kappa shape index (κ2) is 11.4. The number of para-hydroxylation sites is 1. The minimum atomic E-state index is -0.0396. The summed E-state index contributed by atoms with van der Waals surface area (Å²) in [6.07, 6.45) is 14.1. The lowest BCUT2D eigenvalue weighted by Gasteiger charge is -2.41. The Bertz CT molecular complexity index is 2180. The third kappa shape index (κ3) is 4.33. The van der Waals surface area contributed by atoms with E-state index < -0.39 is 0 Å². The number of hydrogen-bond acceptors (Lipinski definition) is 3. The van der Waals surface area contributed by atoms with Gasteiger partial charge < -0.3 is 4.42 Å². The maximum absolute atomic E-state index is 6.57. The number of fused-ring (bicyclic) bond motifs is 7. The lowest BCUT2D eigenvalue weighted by molar-refractivity contribution is -0.698. The molecule has 0 spiro atoms. The summed E-state index contributed by atoms with van der Waals surface area (Å²) in [5.74, 6) is 1.45. The first-order valence-electron chi connectivity index (χ1n) is 16.6. The number of rotatable bonds is 9. The fourth-order valence-corrected chi connectivity index (χ4v) is 8.21. The van der Waals surface area contributed by atoms with Gasteiger partial charge in [-0.05, 0) is 60.1 Å². The Hall–Kier alpha value is -5.03. The monoisotopic (exact) mass is 603 g/mol. The first kappa shape index (κ1) is 28.4. The van der Waals surface area contributed by atoms with E-state index in [1.54, 1.807) is 0 Å². The van der Waals surface area contributed by atoms with Crippen LogP contribution in [0.25, 0.3) is 50.3 Å². The average Bonchev–Trinajstić information content (AvgIpc) is 3.83. The molecule has 3 aromatic carbocycles. The summed E-state index contributed by atoms with van der Waals surface area (Å²) in [6, 6.07) is 32.9. The zero-order valence-corrected chi connectivity index (χ0v) is 26.7. The van der Waals surface area contributed by atoms with E-state index in [1.807, 2.05) is 30.7 Å². The highest BCUT2D eigenvalue weighted by Crippen LogP contribution is 2.49. The SMILES string of the molecule is CCC(C)C(CC)(CCC1c2ccc3c(oc4ccccc43)c2-c2cccc[n+]21)c1ccccc1-c1nccn1-c1ccncc1. The van der Waals surface area contributed by atoms with Crippen LogP contribution in [0, 0.1) is 5.92 Å². The van der Waals surface area contributed by atoms with E-state index in [0.29, 0.717) is 5.92 Å². The molecule has 4 aromatic heterocycles. The number of imidazole rings is 1. The lowest BCUT2D eigenvalue weighted by Crippen LogP contribution is -2.40. The van der Waals surface area contributed by atoms with Gasteiger partial charge in [0.1, 0.15) is 17.0 Å². The first-order valence-corrected chi connectivity index (χ1v) is 16.6. The van der Waals surface area contributed by atoms with Crippen LogP contribution in [0.4, 0.5) is 0 Å². The standard InChI is InChI=1S/C41H39N4O/c1-4-28(3)41(5-2,34-14-8-6-13-32(34)40-43-25-27-44(40)29-20-23-42-24-21-29)22-19-35-33-18-17-31-30-12-7-9-16-37(30)46-39(31)38(33)36-15-10-11-26-45(35)36/h6-18,20-21,23-28,35H,4-5,19,22H2,1-3H3/q+1. The van der Waals surface area contributed by atoms with Crippen LogP contribution in [0.5, 0.6) is 0 Å². The van der Waals surface area contributed by atoms with Gasteiger partial charge in [0.05, 0.1) is 11.3 Å². The second-order valence-electron chi connectivity index (χ2n) is 12.7. The zero-order valence-electron chi connectivity index (χ0n) is 26.7. The summed E-state index contributed by atoms with van der Waals surface area (Å²) in [6.45, 7) is 7.15. The highest BCUT2D eigenvalue weighted by atomic mass is 16.3. The molecule has 0 bridgehead atoms. The molecular formula is C41H39N4O+. The Morgan fingerprint density at radius 1 is 0.870 bits per heavy atom. The maximum Gasteiger partial charge on any atom is 0.217 e. The number of hydrogen-bond donors (Lipinski definition) is 0. The summed E-state index contributed by atoms with van der Waals surface area (Å²) in [5.41, 5.74) is 9.39. The van der Waals surface area contributed by atoms with E-state index in [2.05, 4.69) is 126 Å². The van der Waals surface area contributed by atoms with Gasteiger partial charge in [0.2, 0.25) is 5.69 Å². The van der Waals surface area contributed by atoms with Gasteiger partial charge in [-0.1, -0.05) is 75.7 Å². The molecule has 228 valence electrons. The molecule has 0 saturated carbocycles. The molecule has 8 rings (SSSR count). The van der Waals surface area contributed by atoms with E-state index in [4.69, 9.17) is 9.40 Å². The topological polar surface area (TPSA) is 47.7 Å². The molecule has 7 aromatic rings. The Labute approximate surface area is 270 Å². The quantitative estimate of drug-likeness (QED) is 0.154. The van der Waals surface area contributed by atoms with Gasteiger partial charge in [0, 0.05) is 65.2 Å². The molecule has 0 aliphatic carbocycles. The number of benzene rings is 3. The van der Waals surface area contributed by atoms with E-state index in [9.17, 15) is 0 Å². The van der Waals surface area contributed by atoms with Crippen LogP contribution < -0.4 is 4.57 Å². The van der Waals surface area contributed by atoms with Gasteiger partial charge in [0.15, 0.2) is 12.2 Å². The molecule has 0 saturated heterocycles. The van der Waals surface area contributed by atoms with Gasteiger partial charge in [-0.3, -0.25) is 9.55 Å². The van der Waals surface area contributed by atoms with Gasteiger partial charge in [-0.25, -0.2) is 4.98 Å². The number of furan rings is 1. The largest absolute Gasteiger partial charge is 0.455 e. The third-order valence-corrected chi connectivity index (χ3v) is 10.8. The van der Waals surface area contributed by atoms with E-state index in [0.717, 1.165) is 48.4 Å².